The van der Waals surface area contributed by atoms with Gasteiger partial charge in [-0.05, 0) is 57.5 Å². The summed E-state index contributed by atoms with van der Waals surface area (Å²) in [5.74, 6) is 0.668. The van der Waals surface area contributed by atoms with Crippen LogP contribution < -0.4 is 5.32 Å². The highest BCUT2D eigenvalue weighted by atomic mass is 16.5. The van der Waals surface area contributed by atoms with Crippen molar-refractivity contribution in [1.82, 2.24) is 10.1 Å². The molecule has 1 N–H and O–H groups in total. The van der Waals surface area contributed by atoms with Crippen LogP contribution in [0.2, 0.25) is 0 Å². The first-order valence-corrected chi connectivity index (χ1v) is 8.65. The van der Waals surface area contributed by atoms with Gasteiger partial charge in [0.05, 0.1) is 12.1 Å². The zero-order valence-electron chi connectivity index (χ0n) is 14.5. The Morgan fingerprint density at radius 2 is 2.04 bits per heavy atom. The number of benzene rings is 1. The van der Waals surface area contributed by atoms with Gasteiger partial charge in [0.25, 0.3) is 0 Å². The van der Waals surface area contributed by atoms with Crippen molar-refractivity contribution in [3.05, 3.63) is 46.8 Å². The molecule has 0 saturated carbocycles. The summed E-state index contributed by atoms with van der Waals surface area (Å²) < 4.78 is 5.11. The number of amides is 1. The fourth-order valence-corrected chi connectivity index (χ4v) is 3.24. The quantitative estimate of drug-likeness (QED) is 0.914. The van der Waals surface area contributed by atoms with Crippen LogP contribution in [0.15, 0.2) is 28.8 Å². The molecule has 0 atom stereocenters. The van der Waals surface area contributed by atoms with Crippen molar-refractivity contribution in [2.24, 2.45) is 0 Å². The third-order valence-electron chi connectivity index (χ3n) is 4.58. The monoisotopic (exact) mass is 327 g/mol. The van der Waals surface area contributed by atoms with Crippen LogP contribution >= 0.6 is 0 Å². The van der Waals surface area contributed by atoms with Crippen LogP contribution in [0.25, 0.3) is 0 Å². The van der Waals surface area contributed by atoms with Crippen LogP contribution in [-0.2, 0) is 17.8 Å². The van der Waals surface area contributed by atoms with Crippen molar-refractivity contribution in [1.29, 1.82) is 0 Å². The molecule has 2 heterocycles. The van der Waals surface area contributed by atoms with E-state index in [1.165, 1.54) is 37.9 Å². The van der Waals surface area contributed by atoms with Crippen molar-refractivity contribution in [3.8, 4) is 0 Å². The molecule has 0 unspecified atom stereocenters. The molecule has 3 rings (SSSR count). The Balaban J connectivity index is 1.60. The molecule has 5 heteroatoms. The molecule has 1 aromatic heterocycles. The molecule has 1 fully saturated rings. The topological polar surface area (TPSA) is 58.4 Å². The summed E-state index contributed by atoms with van der Waals surface area (Å²) in [7, 11) is 0. The highest BCUT2D eigenvalue weighted by Gasteiger charge is 2.14. The van der Waals surface area contributed by atoms with Crippen LogP contribution in [0.4, 0.5) is 5.69 Å². The molecule has 5 nitrogen and oxygen atoms in total. The van der Waals surface area contributed by atoms with E-state index in [0.29, 0.717) is 5.76 Å². The summed E-state index contributed by atoms with van der Waals surface area (Å²) in [6, 6.07) is 8.13. The van der Waals surface area contributed by atoms with Crippen molar-refractivity contribution in [3.63, 3.8) is 0 Å². The number of hydrogen-bond acceptors (Lipinski definition) is 4. The fourth-order valence-electron chi connectivity index (χ4n) is 3.24. The zero-order chi connectivity index (χ0) is 16.9. The van der Waals surface area contributed by atoms with Gasteiger partial charge in [-0.15, -0.1) is 0 Å². The van der Waals surface area contributed by atoms with Gasteiger partial charge < -0.3 is 9.84 Å². The second kappa shape index (κ2) is 7.62. The molecule has 1 aliphatic rings. The van der Waals surface area contributed by atoms with Crippen LogP contribution in [0.1, 0.15) is 41.8 Å². The van der Waals surface area contributed by atoms with Gasteiger partial charge in [0.15, 0.2) is 0 Å². The lowest BCUT2D eigenvalue weighted by Crippen LogP contribution is -2.29. The van der Waals surface area contributed by atoms with Crippen LogP contribution in [0.3, 0.4) is 0 Å². The number of nitrogens with zero attached hydrogens (tertiary/aromatic N) is 2. The highest BCUT2D eigenvalue weighted by Crippen LogP contribution is 2.17. The summed E-state index contributed by atoms with van der Waals surface area (Å²) in [6.07, 6.45) is 4.20. The van der Waals surface area contributed by atoms with Gasteiger partial charge in [-0.3, -0.25) is 9.69 Å². The number of nitrogens with one attached hydrogen (secondary N) is 1. The van der Waals surface area contributed by atoms with Crippen molar-refractivity contribution in [2.45, 2.75) is 46.1 Å². The number of anilines is 1. The van der Waals surface area contributed by atoms with E-state index in [9.17, 15) is 4.79 Å². The summed E-state index contributed by atoms with van der Waals surface area (Å²) in [4.78, 5) is 14.8. The lowest BCUT2D eigenvalue weighted by Gasteiger charge is -2.26. The van der Waals surface area contributed by atoms with Gasteiger partial charge in [-0.2, -0.15) is 0 Å². The number of aromatic nitrogens is 1. The van der Waals surface area contributed by atoms with Gasteiger partial charge in [0.2, 0.25) is 5.91 Å². The standard InChI is InChI=1S/C19H25N3O2/c1-14-18(15(2)24-21-14)12-19(23)20-17-8-6-7-16(11-17)13-22-9-4-3-5-10-22/h6-8,11H,3-5,9-10,12-13H2,1-2H3,(H,20,23). The Morgan fingerprint density at radius 3 is 2.75 bits per heavy atom. The van der Waals surface area contributed by atoms with Gasteiger partial charge in [0.1, 0.15) is 5.76 Å². The third-order valence-corrected chi connectivity index (χ3v) is 4.58. The van der Waals surface area contributed by atoms with Gasteiger partial charge in [-0.1, -0.05) is 23.7 Å². The molecule has 1 amide bonds. The Kier molecular flexibility index (Phi) is 5.30. The molecule has 0 bridgehead atoms. The second-order valence-corrected chi connectivity index (χ2v) is 6.56. The maximum atomic E-state index is 12.3. The SMILES string of the molecule is Cc1noc(C)c1CC(=O)Nc1cccc(CN2CCCCC2)c1. The smallest absolute Gasteiger partial charge is 0.228 e. The highest BCUT2D eigenvalue weighted by molar-refractivity contribution is 5.92. The molecule has 0 aliphatic carbocycles. The number of carbonyl (C=O) groups excluding carboxylic acids is 1. The first kappa shape index (κ1) is 16.7. The summed E-state index contributed by atoms with van der Waals surface area (Å²) in [5, 5.41) is 6.88. The van der Waals surface area contributed by atoms with E-state index in [-0.39, 0.29) is 12.3 Å². The molecule has 1 aliphatic heterocycles. The number of rotatable bonds is 5. The molecule has 2 aromatic rings. The Bertz CT molecular complexity index is 683. The minimum absolute atomic E-state index is 0.0421. The fraction of sp³-hybridized carbons (Fsp3) is 0.474. The van der Waals surface area contributed by atoms with E-state index < -0.39 is 0 Å². The summed E-state index contributed by atoms with van der Waals surface area (Å²) in [6.45, 7) is 6.99. The molecule has 24 heavy (non-hydrogen) atoms. The first-order chi connectivity index (χ1) is 11.6. The summed E-state index contributed by atoms with van der Waals surface area (Å²) >= 11 is 0. The minimum Gasteiger partial charge on any atom is -0.361 e. The van der Waals surface area contributed by atoms with Crippen molar-refractivity contribution < 1.29 is 9.32 Å². The van der Waals surface area contributed by atoms with Gasteiger partial charge >= 0.3 is 0 Å². The van der Waals surface area contributed by atoms with E-state index in [1.54, 1.807) is 0 Å². The van der Waals surface area contributed by atoms with Crippen molar-refractivity contribution in [2.75, 3.05) is 18.4 Å². The molecule has 0 radical (unpaired) electrons. The molecule has 0 spiro atoms. The van der Waals surface area contributed by atoms with Gasteiger partial charge in [-0.25, -0.2) is 0 Å². The van der Waals surface area contributed by atoms with E-state index in [2.05, 4.69) is 27.5 Å². The lowest BCUT2D eigenvalue weighted by atomic mass is 10.1. The molecular weight excluding hydrogens is 302 g/mol. The number of carbonyl (C=O) groups is 1. The van der Waals surface area contributed by atoms with E-state index in [1.807, 2.05) is 26.0 Å². The van der Waals surface area contributed by atoms with E-state index in [0.717, 1.165) is 23.5 Å². The van der Waals surface area contributed by atoms with Crippen LogP contribution in [-0.4, -0.2) is 29.1 Å². The number of piperidine rings is 1. The third kappa shape index (κ3) is 4.23. The normalized spacial score (nSPS) is 15.4. The molecule has 128 valence electrons. The molecule has 1 saturated heterocycles. The maximum Gasteiger partial charge on any atom is 0.228 e. The second-order valence-electron chi connectivity index (χ2n) is 6.56. The first-order valence-electron chi connectivity index (χ1n) is 8.65. The predicted octanol–water partition coefficient (Wildman–Crippen LogP) is 3.46. The Hall–Kier alpha value is -2.14. The average molecular weight is 327 g/mol. The van der Waals surface area contributed by atoms with Crippen LogP contribution in [0, 0.1) is 13.8 Å². The van der Waals surface area contributed by atoms with E-state index >= 15 is 0 Å². The average Bonchev–Trinajstić information content (AvgIpc) is 2.88. The zero-order valence-corrected chi connectivity index (χ0v) is 14.5. The number of hydrogen-bond donors (Lipinski definition) is 1. The van der Waals surface area contributed by atoms with Crippen LogP contribution in [0.5, 0.6) is 0 Å². The number of likely N-dealkylation sites (tertiary alicyclic amines) is 1. The molecular formula is C19H25N3O2. The predicted molar refractivity (Wildman–Crippen MR) is 93.9 cm³/mol. The van der Waals surface area contributed by atoms with Gasteiger partial charge in [0, 0.05) is 17.8 Å². The lowest BCUT2D eigenvalue weighted by molar-refractivity contribution is -0.115. The van der Waals surface area contributed by atoms with E-state index in [4.69, 9.17) is 4.52 Å². The Labute approximate surface area is 143 Å². The molecule has 1 aromatic carbocycles. The Morgan fingerprint density at radius 1 is 1.25 bits per heavy atom. The maximum absolute atomic E-state index is 12.3. The number of aryl methyl sites for hydroxylation is 2. The van der Waals surface area contributed by atoms with Crippen molar-refractivity contribution >= 4 is 11.6 Å². The largest absolute Gasteiger partial charge is 0.361 e. The summed E-state index contributed by atoms with van der Waals surface area (Å²) in [5.41, 5.74) is 3.74. The minimum atomic E-state index is -0.0421.